The number of anilines is 1. The molecule has 0 aliphatic heterocycles. The molecule has 0 saturated heterocycles. The fourth-order valence-electron chi connectivity index (χ4n) is 2.32. The molecule has 0 unspecified atom stereocenters. The Morgan fingerprint density at radius 2 is 1.86 bits per heavy atom. The van der Waals surface area contributed by atoms with Crippen LogP contribution in [0.5, 0.6) is 0 Å². The molecule has 0 fully saturated rings. The minimum Gasteiger partial charge on any atom is -0.385 e. The van der Waals surface area contributed by atoms with E-state index in [-0.39, 0.29) is 0 Å². The quantitative estimate of drug-likeness (QED) is 0.769. The van der Waals surface area contributed by atoms with Gasteiger partial charge in [0.2, 0.25) is 0 Å². The van der Waals surface area contributed by atoms with Gasteiger partial charge in [0.15, 0.2) is 0 Å². The lowest BCUT2D eigenvalue weighted by molar-refractivity contribution is 0.0765. The van der Waals surface area contributed by atoms with E-state index in [1.165, 1.54) is 0 Å². The van der Waals surface area contributed by atoms with Gasteiger partial charge in [0.25, 0.3) is 0 Å². The van der Waals surface area contributed by atoms with E-state index in [4.69, 9.17) is 10.00 Å². The van der Waals surface area contributed by atoms with Crippen molar-refractivity contribution in [3.05, 3.63) is 42.0 Å². The van der Waals surface area contributed by atoms with Crippen LogP contribution < -0.4 is 5.32 Å². The van der Waals surface area contributed by atoms with E-state index in [0.717, 1.165) is 48.0 Å². The van der Waals surface area contributed by atoms with E-state index in [1.54, 1.807) is 0 Å². The molecule has 2 aromatic carbocycles. The van der Waals surface area contributed by atoms with Crippen LogP contribution in [0.15, 0.2) is 36.4 Å². The maximum atomic E-state index is 9.16. The molecule has 0 aliphatic carbocycles. The average Bonchev–Trinajstić information content (AvgIpc) is 2.50. The highest BCUT2D eigenvalue weighted by atomic mass is 16.5. The molecule has 0 saturated carbocycles. The molecule has 3 nitrogen and oxygen atoms in total. The van der Waals surface area contributed by atoms with Crippen molar-refractivity contribution in [2.45, 2.75) is 32.8 Å². The summed E-state index contributed by atoms with van der Waals surface area (Å²) in [6.07, 6.45) is 2.43. The Morgan fingerprint density at radius 1 is 1.10 bits per heavy atom. The molecule has 0 bridgehead atoms. The van der Waals surface area contributed by atoms with Gasteiger partial charge in [-0.3, -0.25) is 0 Å². The van der Waals surface area contributed by atoms with Crippen LogP contribution in [0.25, 0.3) is 10.8 Å². The monoisotopic (exact) mass is 282 g/mol. The number of unbranched alkanes of at least 4 members (excludes halogenated alkanes) is 1. The van der Waals surface area contributed by atoms with Crippen molar-refractivity contribution in [3.8, 4) is 6.07 Å². The highest BCUT2D eigenvalue weighted by Crippen LogP contribution is 2.26. The molecule has 0 radical (unpaired) electrons. The van der Waals surface area contributed by atoms with E-state index < -0.39 is 0 Å². The Balaban J connectivity index is 1.95. The van der Waals surface area contributed by atoms with Gasteiger partial charge in [-0.15, -0.1) is 0 Å². The predicted molar refractivity (Wildman–Crippen MR) is 87.5 cm³/mol. The SMILES string of the molecule is CC(C)OCCCCNc1ccc(C#N)c2ccccc12. The standard InChI is InChI=1S/C18H22N2O/c1-14(2)21-12-6-5-11-20-18-10-9-15(13-19)16-7-3-4-8-17(16)18/h3-4,7-10,14,20H,5-6,11-12H2,1-2H3. The summed E-state index contributed by atoms with van der Waals surface area (Å²) in [5.74, 6) is 0. The second-order valence-electron chi connectivity index (χ2n) is 5.37. The van der Waals surface area contributed by atoms with Crippen LogP contribution in [0.2, 0.25) is 0 Å². The zero-order chi connectivity index (χ0) is 15.1. The first kappa shape index (κ1) is 15.3. The Morgan fingerprint density at radius 3 is 2.57 bits per heavy atom. The third-order valence-corrected chi connectivity index (χ3v) is 3.38. The third kappa shape index (κ3) is 4.21. The van der Waals surface area contributed by atoms with E-state index in [9.17, 15) is 0 Å². The summed E-state index contributed by atoms with van der Waals surface area (Å²) in [7, 11) is 0. The molecule has 3 heteroatoms. The third-order valence-electron chi connectivity index (χ3n) is 3.38. The number of fused-ring (bicyclic) bond motifs is 1. The van der Waals surface area contributed by atoms with Crippen molar-refractivity contribution in [2.24, 2.45) is 0 Å². The number of hydrogen-bond acceptors (Lipinski definition) is 3. The lowest BCUT2D eigenvalue weighted by atomic mass is 10.0. The number of nitrogens with one attached hydrogen (secondary N) is 1. The minimum absolute atomic E-state index is 0.306. The van der Waals surface area contributed by atoms with Crippen LogP contribution in [0.1, 0.15) is 32.3 Å². The normalized spacial score (nSPS) is 10.8. The second kappa shape index (κ2) is 7.66. The number of nitriles is 1. The largest absolute Gasteiger partial charge is 0.385 e. The topological polar surface area (TPSA) is 45.0 Å². The molecular formula is C18H22N2O. The van der Waals surface area contributed by atoms with Crippen molar-refractivity contribution in [3.63, 3.8) is 0 Å². The molecule has 0 aliphatic rings. The van der Waals surface area contributed by atoms with Gasteiger partial charge in [-0.1, -0.05) is 24.3 Å². The fourth-order valence-corrected chi connectivity index (χ4v) is 2.32. The summed E-state index contributed by atoms with van der Waals surface area (Å²) in [4.78, 5) is 0. The molecule has 1 N–H and O–H groups in total. The van der Waals surface area contributed by atoms with Gasteiger partial charge in [0.1, 0.15) is 0 Å². The van der Waals surface area contributed by atoms with Crippen molar-refractivity contribution >= 4 is 16.5 Å². The van der Waals surface area contributed by atoms with E-state index in [1.807, 2.05) is 30.3 Å². The number of ether oxygens (including phenoxy) is 1. The van der Waals surface area contributed by atoms with Gasteiger partial charge in [0, 0.05) is 29.6 Å². The number of hydrogen-bond donors (Lipinski definition) is 1. The van der Waals surface area contributed by atoms with Crippen LogP contribution in [0.4, 0.5) is 5.69 Å². The maximum absolute atomic E-state index is 9.16. The second-order valence-corrected chi connectivity index (χ2v) is 5.37. The molecule has 0 spiro atoms. The molecule has 110 valence electrons. The van der Waals surface area contributed by atoms with Crippen molar-refractivity contribution in [1.29, 1.82) is 5.26 Å². The summed E-state index contributed by atoms with van der Waals surface area (Å²) in [6, 6.07) is 14.1. The number of benzene rings is 2. The highest BCUT2D eigenvalue weighted by molar-refractivity contribution is 5.97. The van der Waals surface area contributed by atoms with Crippen LogP contribution in [0.3, 0.4) is 0 Å². The predicted octanol–water partition coefficient (Wildman–Crippen LogP) is 4.33. The highest BCUT2D eigenvalue weighted by Gasteiger charge is 2.04. The van der Waals surface area contributed by atoms with Gasteiger partial charge >= 0.3 is 0 Å². The molecule has 0 heterocycles. The van der Waals surface area contributed by atoms with Crippen molar-refractivity contribution in [2.75, 3.05) is 18.5 Å². The first-order valence-electron chi connectivity index (χ1n) is 7.49. The number of nitrogens with zero attached hydrogens (tertiary/aromatic N) is 1. The molecule has 0 amide bonds. The van der Waals surface area contributed by atoms with E-state index >= 15 is 0 Å². The summed E-state index contributed by atoms with van der Waals surface area (Å²) >= 11 is 0. The molecule has 0 atom stereocenters. The molecule has 2 rings (SSSR count). The molecule has 0 aromatic heterocycles. The first-order chi connectivity index (χ1) is 10.2. The minimum atomic E-state index is 0.306. The molecule has 21 heavy (non-hydrogen) atoms. The van der Waals surface area contributed by atoms with Crippen LogP contribution in [-0.4, -0.2) is 19.3 Å². The Labute approximate surface area is 126 Å². The summed E-state index contributed by atoms with van der Waals surface area (Å²) in [6.45, 7) is 5.84. The van der Waals surface area contributed by atoms with Gasteiger partial charge < -0.3 is 10.1 Å². The zero-order valence-electron chi connectivity index (χ0n) is 12.7. The van der Waals surface area contributed by atoms with Crippen LogP contribution in [-0.2, 0) is 4.74 Å². The summed E-state index contributed by atoms with van der Waals surface area (Å²) in [5, 5.41) is 14.7. The smallest absolute Gasteiger partial charge is 0.0998 e. The fraction of sp³-hybridized carbons (Fsp3) is 0.389. The summed E-state index contributed by atoms with van der Waals surface area (Å²) < 4.78 is 5.53. The lowest BCUT2D eigenvalue weighted by Gasteiger charge is -2.11. The van der Waals surface area contributed by atoms with Crippen LogP contribution in [0, 0.1) is 11.3 Å². The van der Waals surface area contributed by atoms with Crippen molar-refractivity contribution in [1.82, 2.24) is 0 Å². The first-order valence-corrected chi connectivity index (χ1v) is 7.49. The average molecular weight is 282 g/mol. The summed E-state index contributed by atoms with van der Waals surface area (Å²) in [5.41, 5.74) is 1.82. The Bertz CT molecular complexity index is 629. The zero-order valence-corrected chi connectivity index (χ0v) is 12.7. The van der Waals surface area contributed by atoms with Gasteiger partial charge in [0.05, 0.1) is 17.7 Å². The van der Waals surface area contributed by atoms with Crippen molar-refractivity contribution < 1.29 is 4.74 Å². The Kier molecular flexibility index (Phi) is 5.59. The van der Waals surface area contributed by atoms with Gasteiger partial charge in [-0.05, 0) is 38.8 Å². The van der Waals surface area contributed by atoms with Gasteiger partial charge in [-0.2, -0.15) is 5.26 Å². The van der Waals surface area contributed by atoms with E-state index in [2.05, 4.69) is 31.3 Å². The molecule has 2 aromatic rings. The number of rotatable bonds is 7. The Hall–Kier alpha value is -2.05. The molecular weight excluding hydrogens is 260 g/mol. The maximum Gasteiger partial charge on any atom is 0.0998 e. The lowest BCUT2D eigenvalue weighted by Crippen LogP contribution is -2.07. The van der Waals surface area contributed by atoms with E-state index in [0.29, 0.717) is 6.10 Å². The van der Waals surface area contributed by atoms with Crippen LogP contribution >= 0.6 is 0 Å². The van der Waals surface area contributed by atoms with Gasteiger partial charge in [-0.25, -0.2) is 0 Å².